The molecular formula is C20H15Cl2FN2O3S. The van der Waals surface area contributed by atoms with Crippen LogP contribution < -0.4 is 10.0 Å². The van der Waals surface area contributed by atoms with Crippen molar-refractivity contribution in [3.05, 3.63) is 87.7 Å². The molecule has 0 aliphatic carbocycles. The Kier molecular flexibility index (Phi) is 6.12. The van der Waals surface area contributed by atoms with Gasteiger partial charge in [-0.2, -0.15) is 0 Å². The van der Waals surface area contributed by atoms with Crippen LogP contribution in [0.3, 0.4) is 0 Å². The second kappa shape index (κ2) is 8.41. The predicted octanol–water partition coefficient (Wildman–Crippen LogP) is 5.49. The molecule has 0 saturated heterocycles. The third kappa shape index (κ3) is 4.87. The number of benzene rings is 3. The first-order valence-corrected chi connectivity index (χ1v) is 10.6. The van der Waals surface area contributed by atoms with Gasteiger partial charge in [0.05, 0.1) is 26.2 Å². The summed E-state index contributed by atoms with van der Waals surface area (Å²) in [6, 6.07) is 14.7. The van der Waals surface area contributed by atoms with Crippen molar-refractivity contribution in [2.24, 2.45) is 0 Å². The number of carbonyl (C=O) groups is 1. The van der Waals surface area contributed by atoms with Gasteiger partial charge in [-0.15, -0.1) is 0 Å². The van der Waals surface area contributed by atoms with Crippen LogP contribution in [0.2, 0.25) is 10.0 Å². The standard InChI is InChI=1S/C20H15Cl2FN2O3S/c1-12-7-8-13(24-20(26)15-10-18(23)17(22)11-16(15)21)9-19(12)25-29(27,28)14-5-3-2-4-6-14/h2-11,25H,1H3,(H,24,26). The highest BCUT2D eigenvalue weighted by Crippen LogP contribution is 2.27. The molecule has 0 unspecified atom stereocenters. The Hall–Kier alpha value is -2.61. The second-order valence-corrected chi connectivity index (χ2v) is 8.65. The van der Waals surface area contributed by atoms with E-state index < -0.39 is 21.7 Å². The van der Waals surface area contributed by atoms with Crippen LogP contribution in [0.4, 0.5) is 15.8 Å². The van der Waals surface area contributed by atoms with E-state index in [1.165, 1.54) is 18.2 Å². The predicted molar refractivity (Wildman–Crippen MR) is 113 cm³/mol. The zero-order valence-corrected chi connectivity index (χ0v) is 17.4. The van der Waals surface area contributed by atoms with Crippen LogP contribution in [-0.4, -0.2) is 14.3 Å². The van der Waals surface area contributed by atoms with E-state index in [1.54, 1.807) is 37.3 Å². The third-order valence-electron chi connectivity index (χ3n) is 4.05. The summed E-state index contributed by atoms with van der Waals surface area (Å²) in [5.74, 6) is -1.44. The van der Waals surface area contributed by atoms with E-state index in [-0.39, 0.29) is 20.5 Å². The quantitative estimate of drug-likeness (QED) is 0.502. The fraction of sp³-hybridized carbons (Fsp3) is 0.0500. The number of hydrogen-bond donors (Lipinski definition) is 2. The van der Waals surface area contributed by atoms with Gasteiger partial charge in [0.2, 0.25) is 0 Å². The minimum Gasteiger partial charge on any atom is -0.322 e. The Morgan fingerprint density at radius 3 is 2.34 bits per heavy atom. The Bertz CT molecular complexity index is 1190. The van der Waals surface area contributed by atoms with Gasteiger partial charge in [0.1, 0.15) is 5.82 Å². The number of anilines is 2. The summed E-state index contributed by atoms with van der Waals surface area (Å²) in [6.07, 6.45) is 0. The molecule has 0 bridgehead atoms. The molecule has 29 heavy (non-hydrogen) atoms. The summed E-state index contributed by atoms with van der Waals surface area (Å²) in [7, 11) is -3.80. The molecule has 0 atom stereocenters. The van der Waals surface area contributed by atoms with Crippen LogP contribution in [0.1, 0.15) is 15.9 Å². The molecule has 0 fully saturated rings. The number of rotatable bonds is 5. The van der Waals surface area contributed by atoms with Gasteiger partial charge in [-0.3, -0.25) is 9.52 Å². The van der Waals surface area contributed by atoms with Crippen LogP contribution in [-0.2, 0) is 10.0 Å². The highest BCUT2D eigenvalue weighted by atomic mass is 35.5. The van der Waals surface area contributed by atoms with E-state index >= 15 is 0 Å². The smallest absolute Gasteiger partial charge is 0.261 e. The first-order valence-electron chi connectivity index (χ1n) is 8.32. The van der Waals surface area contributed by atoms with E-state index in [0.29, 0.717) is 16.9 Å². The maximum absolute atomic E-state index is 13.7. The molecule has 3 aromatic carbocycles. The Labute approximate surface area is 177 Å². The highest BCUT2D eigenvalue weighted by Gasteiger charge is 2.17. The molecule has 1 amide bonds. The van der Waals surface area contributed by atoms with Crippen molar-refractivity contribution in [1.82, 2.24) is 0 Å². The Morgan fingerprint density at radius 2 is 1.66 bits per heavy atom. The molecule has 150 valence electrons. The summed E-state index contributed by atoms with van der Waals surface area (Å²) in [4.78, 5) is 12.6. The number of amides is 1. The van der Waals surface area contributed by atoms with Crippen molar-refractivity contribution in [2.45, 2.75) is 11.8 Å². The number of halogens is 3. The first-order chi connectivity index (χ1) is 13.7. The van der Waals surface area contributed by atoms with Gasteiger partial charge >= 0.3 is 0 Å². The number of nitrogens with one attached hydrogen (secondary N) is 2. The fourth-order valence-corrected chi connectivity index (χ4v) is 4.12. The number of carbonyl (C=O) groups excluding carboxylic acids is 1. The van der Waals surface area contributed by atoms with Crippen molar-refractivity contribution in [3.63, 3.8) is 0 Å². The molecular weight excluding hydrogens is 438 g/mol. The Balaban J connectivity index is 1.86. The molecule has 0 spiro atoms. The van der Waals surface area contributed by atoms with Gasteiger partial charge in [-0.25, -0.2) is 12.8 Å². The molecule has 0 aromatic heterocycles. The number of hydrogen-bond acceptors (Lipinski definition) is 3. The minimum absolute atomic E-state index is 0.00832. The van der Waals surface area contributed by atoms with E-state index in [4.69, 9.17) is 23.2 Å². The van der Waals surface area contributed by atoms with Gasteiger partial charge in [0.25, 0.3) is 15.9 Å². The first kappa shape index (κ1) is 21.1. The molecule has 9 heteroatoms. The Morgan fingerprint density at radius 1 is 0.966 bits per heavy atom. The largest absolute Gasteiger partial charge is 0.322 e. The monoisotopic (exact) mass is 452 g/mol. The van der Waals surface area contributed by atoms with Gasteiger partial charge in [-0.05, 0) is 48.9 Å². The van der Waals surface area contributed by atoms with Crippen molar-refractivity contribution in [2.75, 3.05) is 10.0 Å². The second-order valence-electron chi connectivity index (χ2n) is 6.15. The third-order valence-corrected chi connectivity index (χ3v) is 6.03. The number of aryl methyl sites for hydroxylation is 1. The SMILES string of the molecule is Cc1ccc(NC(=O)c2cc(F)c(Cl)cc2Cl)cc1NS(=O)(=O)c1ccccc1. The molecule has 2 N–H and O–H groups in total. The fourth-order valence-electron chi connectivity index (χ4n) is 2.51. The lowest BCUT2D eigenvalue weighted by Crippen LogP contribution is -2.15. The summed E-state index contributed by atoms with van der Waals surface area (Å²) in [6.45, 7) is 1.72. The van der Waals surface area contributed by atoms with Crippen LogP contribution in [0.25, 0.3) is 0 Å². The summed E-state index contributed by atoms with van der Waals surface area (Å²) >= 11 is 11.6. The zero-order chi connectivity index (χ0) is 21.2. The van der Waals surface area contributed by atoms with Gasteiger partial charge < -0.3 is 5.32 Å². The van der Waals surface area contributed by atoms with Crippen molar-refractivity contribution < 1.29 is 17.6 Å². The van der Waals surface area contributed by atoms with Gasteiger partial charge in [0.15, 0.2) is 0 Å². The molecule has 0 aliphatic heterocycles. The molecule has 0 saturated carbocycles. The lowest BCUT2D eigenvalue weighted by molar-refractivity contribution is 0.102. The average molecular weight is 453 g/mol. The molecule has 0 aliphatic rings. The van der Waals surface area contributed by atoms with E-state index in [1.807, 2.05) is 0 Å². The molecule has 3 rings (SSSR count). The molecule has 5 nitrogen and oxygen atoms in total. The maximum Gasteiger partial charge on any atom is 0.261 e. The summed E-state index contributed by atoms with van der Waals surface area (Å²) in [5, 5.41) is 2.37. The lowest BCUT2D eigenvalue weighted by atomic mass is 10.1. The normalized spacial score (nSPS) is 11.2. The van der Waals surface area contributed by atoms with E-state index in [9.17, 15) is 17.6 Å². The number of sulfonamides is 1. The van der Waals surface area contributed by atoms with E-state index in [2.05, 4.69) is 10.0 Å². The zero-order valence-electron chi connectivity index (χ0n) is 15.0. The van der Waals surface area contributed by atoms with Crippen LogP contribution in [0.15, 0.2) is 65.6 Å². The van der Waals surface area contributed by atoms with Crippen molar-refractivity contribution >= 4 is 50.5 Å². The minimum atomic E-state index is -3.80. The van der Waals surface area contributed by atoms with E-state index in [0.717, 1.165) is 12.1 Å². The topological polar surface area (TPSA) is 75.3 Å². The summed E-state index contributed by atoms with van der Waals surface area (Å²) < 4.78 is 41.3. The van der Waals surface area contributed by atoms with Crippen LogP contribution in [0.5, 0.6) is 0 Å². The van der Waals surface area contributed by atoms with Crippen molar-refractivity contribution in [1.29, 1.82) is 0 Å². The van der Waals surface area contributed by atoms with Crippen LogP contribution in [0, 0.1) is 12.7 Å². The molecule has 0 radical (unpaired) electrons. The van der Waals surface area contributed by atoms with Gasteiger partial charge in [-0.1, -0.05) is 47.5 Å². The highest BCUT2D eigenvalue weighted by molar-refractivity contribution is 7.92. The average Bonchev–Trinajstić information content (AvgIpc) is 2.67. The maximum atomic E-state index is 13.7. The molecule has 0 heterocycles. The lowest BCUT2D eigenvalue weighted by Gasteiger charge is -2.13. The summed E-state index contributed by atoms with van der Waals surface area (Å²) in [5.41, 5.74) is 1.15. The molecule has 3 aromatic rings. The van der Waals surface area contributed by atoms with Gasteiger partial charge in [0, 0.05) is 5.69 Å². The van der Waals surface area contributed by atoms with Crippen molar-refractivity contribution in [3.8, 4) is 0 Å². The van der Waals surface area contributed by atoms with Crippen LogP contribution >= 0.6 is 23.2 Å².